The van der Waals surface area contributed by atoms with E-state index >= 15 is 0 Å². The first-order valence-corrected chi connectivity index (χ1v) is 46.3. The predicted octanol–water partition coefficient (Wildman–Crippen LogP) is 23.2. The summed E-state index contributed by atoms with van der Waals surface area (Å²) in [5, 5.41) is 14.8. The lowest BCUT2D eigenvalue weighted by Crippen LogP contribution is -2.46. The topological polar surface area (TPSA) is 151 Å². The van der Waals surface area contributed by atoms with Crippen LogP contribution in [-0.2, 0) is 43.5 Å². The van der Waals surface area contributed by atoms with Crippen molar-refractivity contribution in [3.63, 3.8) is 0 Å². The molecule has 0 saturated heterocycles. The van der Waals surface area contributed by atoms with Gasteiger partial charge in [-0.15, -0.1) is 16.9 Å². The lowest BCUT2D eigenvalue weighted by atomic mass is 9.85. The number of rotatable bonds is 24. The summed E-state index contributed by atoms with van der Waals surface area (Å²) >= 11 is 0. The highest BCUT2D eigenvalue weighted by atomic mass is 16.5. The second-order valence-corrected chi connectivity index (χ2v) is 38.0. The minimum Gasteiger partial charge on any atom is -0.465 e. The van der Waals surface area contributed by atoms with Gasteiger partial charge in [0.2, 0.25) is 11.8 Å². The summed E-state index contributed by atoms with van der Waals surface area (Å²) in [7, 11) is 1.88. The molecule has 3 aliphatic heterocycles. The number of benzene rings is 9. The maximum absolute atomic E-state index is 13.2. The maximum Gasteiger partial charge on any atom is 0.305 e. The van der Waals surface area contributed by atoms with E-state index in [2.05, 4.69) is 253 Å². The number of para-hydroxylation sites is 3. The molecular weight excluding hydrogens is 1590 g/mol. The van der Waals surface area contributed by atoms with Crippen LogP contribution in [0.1, 0.15) is 252 Å². The molecule has 668 valence electrons. The average Bonchev–Trinajstić information content (AvgIpc) is 1.57. The molecule has 10 aromatic rings. The van der Waals surface area contributed by atoms with Crippen molar-refractivity contribution in [3.05, 3.63) is 291 Å². The number of nitrogens with zero attached hydrogens (tertiary/aromatic N) is 6. The van der Waals surface area contributed by atoms with Crippen molar-refractivity contribution in [1.29, 1.82) is 0 Å². The fourth-order valence-electron chi connectivity index (χ4n) is 15.6. The van der Waals surface area contributed by atoms with Gasteiger partial charge in [-0.1, -0.05) is 300 Å². The third kappa shape index (κ3) is 28.0. The zero-order valence-corrected chi connectivity index (χ0v) is 79.1. The third-order valence-electron chi connectivity index (χ3n) is 25.7. The number of fused-ring (bicyclic) bond motifs is 12. The van der Waals surface area contributed by atoms with Crippen LogP contribution >= 0.6 is 0 Å². The first-order chi connectivity index (χ1) is 62.0. The Morgan fingerprint density at radius 1 is 0.481 bits per heavy atom. The monoisotopic (exact) mass is 1720 g/mol. The summed E-state index contributed by atoms with van der Waals surface area (Å²) in [4.78, 5) is 54.9. The number of hydrogen-bond donors (Lipinski definition) is 2. The van der Waals surface area contributed by atoms with Gasteiger partial charge < -0.3 is 34.8 Å². The van der Waals surface area contributed by atoms with Crippen molar-refractivity contribution in [1.82, 2.24) is 25.6 Å². The van der Waals surface area contributed by atoms with Gasteiger partial charge in [0.15, 0.2) is 0 Å². The standard InChI is InChI=1S/C23H15N3.C22H23NO.C21H21NO.C21H23N.C21H34O3.C7H16N2O/c1-2-8-17(9-3-1)16-26-23-21-13-7-5-11-19(21)15-14-18-10-4-6-12-20(18)22(23)24-25-26;1-4-22(2,3)15-21(24)23-16-19-11-6-5-9-17(19)13-14-18-10-7-8-12-20(18)23;1-4-21(2,3)15-22-19-12-8-6-10-17(19)14-13-16-9-5-7-11-18(16)20(22)23;1-4-21(2,3)16-22-15-19-11-6-5-9-17(19)13-14-18-10-7-8-12-20(18)22;1-4-21(2,3)13-15-23-14-9-12-20(22)24-16-19-17-10-7-5-6-8-11-18(17)19;1-6(10)9-5-7(2,3)8-4/h1-13H,16H2;5-12H,4,15-16H2,1-3H3;5-12H,4,15H2,1-3H3;5-12H,4,15-16H2,1-3H3;17-19H,4,7-16H2,1-3H3;8H,5H2,1-4H3,(H,9,10)/t;;;;17-,18+,19?;. The number of carbonyl (C=O) groups excluding carboxylic acids is 4. The Bertz CT molecular complexity index is 5830. The van der Waals surface area contributed by atoms with Crippen molar-refractivity contribution in [2.45, 2.75) is 206 Å². The zero-order valence-electron chi connectivity index (χ0n) is 79.1. The highest BCUT2D eigenvalue weighted by molar-refractivity contribution is 6.09. The zero-order chi connectivity index (χ0) is 92.1. The van der Waals surface area contributed by atoms with Crippen LogP contribution in [0.2, 0.25) is 0 Å². The highest BCUT2D eigenvalue weighted by Crippen LogP contribution is 2.52. The fourth-order valence-corrected chi connectivity index (χ4v) is 15.6. The van der Waals surface area contributed by atoms with Gasteiger partial charge in [0, 0.05) is 133 Å². The average molecular weight is 1720 g/mol. The third-order valence-corrected chi connectivity index (χ3v) is 25.7. The molecule has 1 aromatic heterocycles. The Balaban J connectivity index is 0.000000152. The number of anilines is 3. The van der Waals surface area contributed by atoms with Crippen LogP contribution in [0.15, 0.2) is 224 Å². The van der Waals surface area contributed by atoms with Crippen LogP contribution < -0.4 is 25.3 Å². The van der Waals surface area contributed by atoms with E-state index in [1.54, 1.807) is 0 Å². The normalized spacial score (nSPS) is 15.0. The summed E-state index contributed by atoms with van der Waals surface area (Å²) in [6, 6.07) is 75.2. The first kappa shape index (κ1) is 97.1. The number of nitrogens with one attached hydrogen (secondary N) is 2. The number of amides is 3. The van der Waals surface area contributed by atoms with E-state index in [0.29, 0.717) is 69.1 Å². The molecule has 0 bridgehead atoms. The van der Waals surface area contributed by atoms with E-state index in [0.717, 1.165) is 160 Å². The second-order valence-electron chi connectivity index (χ2n) is 38.0. The molecule has 2 N–H and O–H groups in total. The van der Waals surface area contributed by atoms with Crippen LogP contribution in [0, 0.1) is 98.6 Å². The molecule has 1 saturated carbocycles. The minimum absolute atomic E-state index is 0.000407. The Kier molecular flexibility index (Phi) is 34.6. The lowest BCUT2D eigenvalue weighted by Gasteiger charge is -2.35. The van der Waals surface area contributed by atoms with Gasteiger partial charge in [0.25, 0.3) is 5.91 Å². The Morgan fingerprint density at radius 3 is 1.50 bits per heavy atom. The molecule has 0 radical (unpaired) electrons. The van der Waals surface area contributed by atoms with Crippen LogP contribution in [0.25, 0.3) is 22.5 Å². The molecule has 0 spiro atoms. The van der Waals surface area contributed by atoms with Gasteiger partial charge in [-0.2, -0.15) is 0 Å². The van der Waals surface area contributed by atoms with Crippen molar-refractivity contribution >= 4 is 40.8 Å². The number of carbonyl (C=O) groups is 4. The fraction of sp³-hybridized carbons (Fsp3) is 0.391. The summed E-state index contributed by atoms with van der Waals surface area (Å²) in [6.07, 6.45) is 11.5. The second kappa shape index (κ2) is 46.0. The van der Waals surface area contributed by atoms with Crippen molar-refractivity contribution < 1.29 is 28.7 Å². The summed E-state index contributed by atoms with van der Waals surface area (Å²) in [5.74, 6) is 34.9. The number of hydrogen-bond acceptors (Lipinski definition) is 10. The van der Waals surface area contributed by atoms with Gasteiger partial charge in [-0.3, -0.25) is 19.2 Å². The summed E-state index contributed by atoms with van der Waals surface area (Å²) in [5.41, 5.74) is 19.9. The van der Waals surface area contributed by atoms with Crippen LogP contribution in [-0.4, -0.2) is 90.7 Å². The van der Waals surface area contributed by atoms with Gasteiger partial charge in [-0.25, -0.2) is 4.68 Å². The van der Waals surface area contributed by atoms with Crippen molar-refractivity contribution in [3.8, 4) is 81.7 Å². The lowest BCUT2D eigenvalue weighted by molar-refractivity contribution is -0.144. The van der Waals surface area contributed by atoms with Gasteiger partial charge in [-0.05, 0) is 188 Å². The molecule has 6 aliphatic rings. The van der Waals surface area contributed by atoms with E-state index in [4.69, 9.17) is 9.47 Å². The summed E-state index contributed by atoms with van der Waals surface area (Å²) in [6.45, 7) is 38.8. The molecule has 4 heterocycles. The number of likely N-dealkylation sites (N-methyl/N-ethyl adjacent to an activating group) is 1. The van der Waals surface area contributed by atoms with Crippen molar-refractivity contribution in [2.75, 3.05) is 61.2 Å². The molecule has 3 atom stereocenters. The molecule has 9 aromatic carbocycles. The van der Waals surface area contributed by atoms with Crippen LogP contribution in [0.5, 0.6) is 0 Å². The van der Waals surface area contributed by atoms with E-state index in [1.165, 1.54) is 43.0 Å². The van der Waals surface area contributed by atoms with E-state index < -0.39 is 0 Å². The Morgan fingerprint density at radius 2 is 0.930 bits per heavy atom. The van der Waals surface area contributed by atoms with Gasteiger partial charge in [0.05, 0.1) is 48.0 Å². The summed E-state index contributed by atoms with van der Waals surface area (Å²) < 4.78 is 13.1. The molecule has 1 fully saturated rings. The molecule has 16 rings (SSSR count). The Hall–Kier alpha value is -12.5. The first-order valence-electron chi connectivity index (χ1n) is 46.3. The maximum atomic E-state index is 13.2. The quantitative estimate of drug-likeness (QED) is 0.0340. The van der Waals surface area contributed by atoms with Crippen molar-refractivity contribution in [2.24, 2.45) is 39.4 Å². The van der Waals surface area contributed by atoms with Gasteiger partial charge in [0.1, 0.15) is 5.69 Å². The predicted molar refractivity (Wildman–Crippen MR) is 528 cm³/mol. The van der Waals surface area contributed by atoms with E-state index in [-0.39, 0.29) is 45.5 Å². The van der Waals surface area contributed by atoms with Crippen LogP contribution in [0.3, 0.4) is 0 Å². The largest absolute Gasteiger partial charge is 0.465 e. The van der Waals surface area contributed by atoms with E-state index in [9.17, 15) is 19.2 Å². The van der Waals surface area contributed by atoms with Crippen LogP contribution in [0.4, 0.5) is 17.1 Å². The smallest absolute Gasteiger partial charge is 0.305 e. The molecule has 1 unspecified atom stereocenters. The molecule has 14 heteroatoms. The Labute approximate surface area is 770 Å². The SMILES string of the molecule is C1#Cc2ccccc2-c2c(nnn2Cc2ccccc2)-c2ccccc21.CCC(C)(C)CC(=O)N1Cc2ccccc2C#Cc2ccccc21.CCC(C)(C)CCOCCCC(=O)OCC1[C@H]2CCC#CCC[C@@H]12.CCC(C)(C)CN1C(=O)c2ccccc2C#Cc2ccccc21.CCC(C)(C)CN1Cc2ccccc2C#Cc2ccccc21.CNC(C)(C)CNC(C)=O. The number of ether oxygens (including phenoxy) is 2. The molecular formula is C115H132N8O6. The molecule has 3 aliphatic carbocycles. The number of aromatic nitrogens is 3. The highest BCUT2D eigenvalue weighted by Gasteiger charge is 2.49. The molecule has 14 nitrogen and oxygen atoms in total. The van der Waals surface area contributed by atoms with E-state index in [1.807, 2.05) is 175 Å². The van der Waals surface area contributed by atoms with Gasteiger partial charge >= 0.3 is 5.97 Å². The molecule has 3 amide bonds. The minimum atomic E-state index is -0.0667. The molecule has 129 heavy (non-hydrogen) atoms. The number of esters is 1.